The molecule has 4 rings (SSSR count). The van der Waals surface area contributed by atoms with E-state index in [2.05, 4.69) is 33.8 Å². The molecule has 0 aromatic heterocycles. The minimum absolute atomic E-state index is 0.285. The highest BCUT2D eigenvalue weighted by Gasteiger charge is 2.31. The third-order valence-electron chi connectivity index (χ3n) is 7.50. The summed E-state index contributed by atoms with van der Waals surface area (Å²) in [6.45, 7) is 9.45. The van der Waals surface area contributed by atoms with Crippen LogP contribution in [0.25, 0.3) is 0 Å². The van der Waals surface area contributed by atoms with Crippen LogP contribution in [0.5, 0.6) is 17.2 Å². The van der Waals surface area contributed by atoms with Gasteiger partial charge in [-0.15, -0.1) is 13.2 Å². The number of piperazine rings is 1. The van der Waals surface area contributed by atoms with Gasteiger partial charge >= 0.3 is 12.4 Å². The number of carbonyl (C=O) groups is 1. The van der Waals surface area contributed by atoms with Gasteiger partial charge < -0.3 is 24.4 Å². The quantitative estimate of drug-likeness (QED) is 0.430. The Bertz CT molecular complexity index is 1120. The van der Waals surface area contributed by atoms with Crippen LogP contribution in [0.1, 0.15) is 25.3 Å². The molecule has 226 valence electrons. The van der Waals surface area contributed by atoms with E-state index in [1.54, 1.807) is 12.1 Å². The summed E-state index contributed by atoms with van der Waals surface area (Å²) in [5, 5.41) is 6.47. The number of benzene rings is 2. The van der Waals surface area contributed by atoms with Gasteiger partial charge in [0.25, 0.3) is 0 Å². The van der Waals surface area contributed by atoms with E-state index in [1.165, 1.54) is 24.3 Å². The number of halogens is 3. The van der Waals surface area contributed by atoms with E-state index in [1.807, 2.05) is 23.2 Å². The number of rotatable bonds is 10. The van der Waals surface area contributed by atoms with Gasteiger partial charge in [0.1, 0.15) is 12.4 Å². The fourth-order valence-electron chi connectivity index (χ4n) is 4.92. The summed E-state index contributed by atoms with van der Waals surface area (Å²) < 4.78 is 53.1. The van der Waals surface area contributed by atoms with Crippen LogP contribution in [0.3, 0.4) is 0 Å². The number of amides is 2. The van der Waals surface area contributed by atoms with Gasteiger partial charge in [0.05, 0.1) is 13.7 Å². The molecule has 0 unspecified atom stereocenters. The van der Waals surface area contributed by atoms with Crippen molar-refractivity contribution in [2.45, 2.75) is 32.7 Å². The van der Waals surface area contributed by atoms with E-state index >= 15 is 0 Å². The van der Waals surface area contributed by atoms with E-state index in [4.69, 9.17) is 9.47 Å². The Labute approximate surface area is 239 Å². The first kappa shape index (κ1) is 30.7. The Morgan fingerprint density at radius 1 is 1.00 bits per heavy atom. The van der Waals surface area contributed by atoms with Crippen LogP contribution in [-0.2, 0) is 6.54 Å². The van der Waals surface area contributed by atoms with Crippen LogP contribution in [0, 0.1) is 5.92 Å². The predicted octanol–water partition coefficient (Wildman–Crippen LogP) is 4.90. The number of piperidine rings is 1. The lowest BCUT2D eigenvalue weighted by Gasteiger charge is -2.39. The zero-order valence-electron chi connectivity index (χ0n) is 24.0. The summed E-state index contributed by atoms with van der Waals surface area (Å²) in [5.74, 6) is 1.46. The average molecular weight is 580 g/mol. The number of methoxy groups -OCH3 is 1. The first-order valence-corrected chi connectivity index (χ1v) is 14.0. The van der Waals surface area contributed by atoms with Crippen molar-refractivity contribution >= 4 is 11.7 Å². The number of hydrogen-bond donors (Lipinski definition) is 1. The van der Waals surface area contributed by atoms with Gasteiger partial charge in [-0.05, 0) is 67.8 Å². The van der Waals surface area contributed by atoms with Crippen LogP contribution < -0.4 is 19.5 Å². The molecule has 2 fully saturated rings. The molecule has 0 saturated carbocycles. The van der Waals surface area contributed by atoms with Crippen molar-refractivity contribution < 1.29 is 32.2 Å². The highest BCUT2D eigenvalue weighted by atomic mass is 19.4. The van der Waals surface area contributed by atoms with E-state index < -0.39 is 6.36 Å². The smallest absolute Gasteiger partial charge is 0.493 e. The van der Waals surface area contributed by atoms with Crippen LogP contribution in [-0.4, -0.2) is 98.8 Å². The number of alkyl halides is 3. The van der Waals surface area contributed by atoms with Crippen molar-refractivity contribution in [3.63, 3.8) is 0 Å². The van der Waals surface area contributed by atoms with E-state index in [0.717, 1.165) is 64.2 Å². The summed E-state index contributed by atoms with van der Waals surface area (Å²) >= 11 is 0. The highest BCUT2D eigenvalue weighted by molar-refractivity contribution is 5.89. The molecule has 12 heteroatoms. The molecular weight excluding hydrogens is 539 g/mol. The third-order valence-corrected chi connectivity index (χ3v) is 7.50. The first-order chi connectivity index (χ1) is 19.6. The van der Waals surface area contributed by atoms with E-state index in [-0.39, 0.29) is 18.3 Å². The molecule has 0 bridgehead atoms. The molecule has 41 heavy (non-hydrogen) atoms. The normalized spacial score (nSPS) is 17.7. The van der Waals surface area contributed by atoms with E-state index in [9.17, 15) is 18.0 Å². The number of nitrogens with zero attached hydrogens (tertiary/aromatic N) is 4. The Morgan fingerprint density at radius 3 is 2.32 bits per heavy atom. The maximum atomic E-state index is 13.4. The molecule has 0 spiro atoms. The standard InChI is InChI=1S/C29H40F3N5O4/c1-22-10-12-36(13-11-22)37(28(38)33-24-5-7-25(8-6-24)41-29(30,31)32)21-23-4-9-26(27(20-23)39-3)40-19-18-35-16-14-34(2)15-17-35/h4-9,20,22H,10-19,21H2,1-3H3,(H,33,38). The second-order valence-corrected chi connectivity index (χ2v) is 10.7. The lowest BCUT2D eigenvalue weighted by Crippen LogP contribution is -2.50. The molecule has 0 atom stereocenters. The monoisotopic (exact) mass is 579 g/mol. The molecule has 2 aliphatic heterocycles. The number of nitrogens with one attached hydrogen (secondary N) is 1. The lowest BCUT2D eigenvalue weighted by molar-refractivity contribution is -0.274. The molecule has 2 aromatic carbocycles. The summed E-state index contributed by atoms with van der Waals surface area (Å²) in [6, 6.07) is 10.4. The zero-order valence-corrected chi connectivity index (χ0v) is 24.0. The van der Waals surface area contributed by atoms with Crippen molar-refractivity contribution in [3.8, 4) is 17.2 Å². The summed E-state index contributed by atoms with van der Waals surface area (Å²) in [7, 11) is 3.72. The maximum absolute atomic E-state index is 13.4. The Hall–Kier alpha value is -3.22. The van der Waals surface area contributed by atoms with Crippen LogP contribution in [0.4, 0.5) is 23.7 Å². The van der Waals surface area contributed by atoms with Crippen molar-refractivity contribution in [1.82, 2.24) is 19.8 Å². The van der Waals surface area contributed by atoms with Crippen molar-refractivity contribution in [2.75, 3.05) is 71.9 Å². The second-order valence-electron chi connectivity index (χ2n) is 10.7. The van der Waals surface area contributed by atoms with Crippen LogP contribution >= 0.6 is 0 Å². The molecule has 0 aliphatic carbocycles. The number of ether oxygens (including phenoxy) is 3. The van der Waals surface area contributed by atoms with Crippen molar-refractivity contribution in [3.05, 3.63) is 48.0 Å². The average Bonchev–Trinajstić information content (AvgIpc) is 2.94. The summed E-state index contributed by atoms with van der Waals surface area (Å²) in [6.07, 6.45) is -2.87. The Kier molecular flexibility index (Phi) is 10.6. The number of hydrazine groups is 1. The van der Waals surface area contributed by atoms with Gasteiger partial charge in [-0.3, -0.25) is 9.91 Å². The molecule has 2 heterocycles. The molecular formula is C29H40F3N5O4. The van der Waals surface area contributed by atoms with E-state index in [0.29, 0.717) is 29.7 Å². The number of likely N-dealkylation sites (N-methyl/N-ethyl adjacent to an activating group) is 1. The van der Waals surface area contributed by atoms with Gasteiger partial charge in [-0.1, -0.05) is 13.0 Å². The summed E-state index contributed by atoms with van der Waals surface area (Å²) in [4.78, 5) is 18.1. The van der Waals surface area contributed by atoms with Crippen LogP contribution in [0.15, 0.2) is 42.5 Å². The molecule has 2 amide bonds. The van der Waals surface area contributed by atoms with Crippen molar-refractivity contribution in [1.29, 1.82) is 0 Å². The number of hydrogen-bond acceptors (Lipinski definition) is 7. The topological polar surface area (TPSA) is 69.7 Å². The Balaban J connectivity index is 1.41. The minimum atomic E-state index is -4.78. The largest absolute Gasteiger partial charge is 0.573 e. The molecule has 9 nitrogen and oxygen atoms in total. The van der Waals surface area contributed by atoms with Gasteiger partial charge in [0, 0.05) is 51.5 Å². The van der Waals surface area contributed by atoms with Crippen molar-refractivity contribution in [2.24, 2.45) is 5.92 Å². The SMILES string of the molecule is COc1cc(CN(C(=O)Nc2ccc(OC(F)(F)F)cc2)N2CCC(C)CC2)ccc1OCCN1CCN(C)CC1. The van der Waals surface area contributed by atoms with Gasteiger partial charge in [0.15, 0.2) is 11.5 Å². The maximum Gasteiger partial charge on any atom is 0.573 e. The van der Waals surface area contributed by atoms with Gasteiger partial charge in [-0.25, -0.2) is 9.80 Å². The second kappa shape index (κ2) is 14.1. The molecule has 2 saturated heterocycles. The lowest BCUT2D eigenvalue weighted by atomic mass is 10.0. The van der Waals surface area contributed by atoms with Gasteiger partial charge in [0.2, 0.25) is 0 Å². The molecule has 2 aromatic rings. The molecule has 1 N–H and O–H groups in total. The number of carbonyl (C=O) groups excluding carboxylic acids is 1. The fraction of sp³-hybridized carbons (Fsp3) is 0.552. The minimum Gasteiger partial charge on any atom is -0.493 e. The van der Waals surface area contributed by atoms with Gasteiger partial charge in [-0.2, -0.15) is 0 Å². The summed E-state index contributed by atoms with van der Waals surface area (Å²) in [5.41, 5.74) is 1.22. The predicted molar refractivity (Wildman–Crippen MR) is 150 cm³/mol. The molecule has 2 aliphatic rings. The highest BCUT2D eigenvalue weighted by Crippen LogP contribution is 2.30. The molecule has 0 radical (unpaired) electrons. The first-order valence-electron chi connectivity index (χ1n) is 14.0. The van der Waals surface area contributed by atoms with Crippen LogP contribution in [0.2, 0.25) is 0 Å². The number of urea groups is 1. The fourth-order valence-corrected chi connectivity index (χ4v) is 4.92. The number of anilines is 1. The third kappa shape index (κ3) is 9.40. The zero-order chi connectivity index (χ0) is 29.4. The Morgan fingerprint density at radius 2 is 1.68 bits per heavy atom.